The molecule has 0 saturated heterocycles. The van der Waals surface area contributed by atoms with Gasteiger partial charge in [0.15, 0.2) is 12.4 Å². The summed E-state index contributed by atoms with van der Waals surface area (Å²) in [4.78, 5) is 29.9. The summed E-state index contributed by atoms with van der Waals surface area (Å²) >= 11 is 0. The Morgan fingerprint density at radius 1 is 1.04 bits per heavy atom. The summed E-state index contributed by atoms with van der Waals surface area (Å²) in [6, 6.07) is 14.3. The quantitative estimate of drug-likeness (QED) is 0.511. The number of carbonyl (C=O) groups excluding carboxylic acids is 2. The minimum atomic E-state index is -0.464. The van der Waals surface area contributed by atoms with Crippen molar-refractivity contribution in [3.8, 4) is 5.75 Å². The molecule has 136 valence electrons. The monoisotopic (exact) mass is 361 g/mol. The predicted molar refractivity (Wildman–Crippen MR) is 101 cm³/mol. The van der Waals surface area contributed by atoms with Gasteiger partial charge >= 0.3 is 5.97 Å². The second kappa shape index (κ2) is 7.19. The topological polar surface area (TPSA) is 65.5 Å². The fourth-order valence-corrected chi connectivity index (χ4v) is 3.51. The van der Waals surface area contributed by atoms with Crippen molar-refractivity contribution in [2.24, 2.45) is 0 Å². The maximum absolute atomic E-state index is 12.8. The zero-order chi connectivity index (χ0) is 18.8. The van der Waals surface area contributed by atoms with Gasteiger partial charge in [0.1, 0.15) is 5.75 Å². The van der Waals surface area contributed by atoms with Crippen LogP contribution in [0.2, 0.25) is 0 Å². The lowest BCUT2D eigenvalue weighted by Crippen LogP contribution is -2.16. The molecule has 1 aromatic heterocycles. The van der Waals surface area contributed by atoms with Gasteiger partial charge in [-0.15, -0.1) is 0 Å². The van der Waals surface area contributed by atoms with E-state index < -0.39 is 5.97 Å². The first kappa shape index (κ1) is 17.2. The van der Waals surface area contributed by atoms with Gasteiger partial charge in [0, 0.05) is 16.6 Å². The molecule has 0 bridgehead atoms. The average molecular weight is 361 g/mol. The standard InChI is InChI=1S/C22H19NO4/c1-26-15-11-9-14(10-12-15)20(24)13-27-22(25)21-16-5-2-3-7-18(16)23-19-8-4-6-17(19)21/h2-3,5,7,9-12H,4,6,8,13H2,1H3. The van der Waals surface area contributed by atoms with Gasteiger partial charge in [-0.1, -0.05) is 18.2 Å². The van der Waals surface area contributed by atoms with Crippen molar-refractivity contribution in [2.75, 3.05) is 13.7 Å². The van der Waals surface area contributed by atoms with Crippen LogP contribution >= 0.6 is 0 Å². The largest absolute Gasteiger partial charge is 0.497 e. The van der Waals surface area contributed by atoms with Crippen molar-refractivity contribution in [3.63, 3.8) is 0 Å². The number of esters is 1. The number of rotatable bonds is 5. The lowest BCUT2D eigenvalue weighted by atomic mass is 10.0. The Labute approximate surface area is 156 Å². The number of hydrogen-bond acceptors (Lipinski definition) is 5. The smallest absolute Gasteiger partial charge is 0.339 e. The van der Waals surface area contributed by atoms with Crippen LogP contribution in [0, 0.1) is 0 Å². The molecule has 0 saturated carbocycles. The minimum absolute atomic E-state index is 0.249. The second-order valence-electron chi connectivity index (χ2n) is 6.51. The van der Waals surface area contributed by atoms with E-state index in [1.807, 2.05) is 24.3 Å². The van der Waals surface area contributed by atoms with Gasteiger partial charge < -0.3 is 9.47 Å². The van der Waals surface area contributed by atoms with Crippen molar-refractivity contribution >= 4 is 22.7 Å². The number of aryl methyl sites for hydroxylation is 1. The van der Waals surface area contributed by atoms with Crippen LogP contribution in [-0.2, 0) is 17.6 Å². The van der Waals surface area contributed by atoms with E-state index in [2.05, 4.69) is 4.98 Å². The molecule has 2 aromatic carbocycles. The van der Waals surface area contributed by atoms with E-state index in [0.717, 1.165) is 41.4 Å². The SMILES string of the molecule is COc1ccc(C(=O)COC(=O)c2c3c(nc4ccccc24)CCC3)cc1. The summed E-state index contributed by atoms with van der Waals surface area (Å²) in [6.45, 7) is -0.295. The lowest BCUT2D eigenvalue weighted by Gasteiger charge is -2.12. The number of nitrogens with zero attached hydrogens (tertiary/aromatic N) is 1. The summed E-state index contributed by atoms with van der Waals surface area (Å²) in [5.41, 5.74) is 3.73. The molecule has 0 spiro atoms. The summed E-state index contributed by atoms with van der Waals surface area (Å²) in [6.07, 6.45) is 2.65. The number of methoxy groups -OCH3 is 1. The highest BCUT2D eigenvalue weighted by molar-refractivity contribution is 6.06. The lowest BCUT2D eigenvalue weighted by molar-refractivity contribution is 0.0475. The van der Waals surface area contributed by atoms with Crippen molar-refractivity contribution < 1.29 is 19.1 Å². The summed E-state index contributed by atoms with van der Waals surface area (Å²) < 4.78 is 10.5. The summed E-state index contributed by atoms with van der Waals surface area (Å²) in [7, 11) is 1.57. The number of pyridine rings is 1. The highest BCUT2D eigenvalue weighted by Crippen LogP contribution is 2.30. The molecule has 0 fully saturated rings. The van der Waals surface area contributed by atoms with Crippen molar-refractivity contribution in [1.82, 2.24) is 4.98 Å². The van der Waals surface area contributed by atoms with Gasteiger partial charge in [0.25, 0.3) is 0 Å². The van der Waals surface area contributed by atoms with Crippen LogP contribution in [0.25, 0.3) is 10.9 Å². The first-order chi connectivity index (χ1) is 13.2. The Morgan fingerprint density at radius 2 is 1.81 bits per heavy atom. The van der Waals surface area contributed by atoms with E-state index >= 15 is 0 Å². The number of ketones is 1. The van der Waals surface area contributed by atoms with E-state index in [1.165, 1.54) is 0 Å². The Morgan fingerprint density at radius 3 is 2.59 bits per heavy atom. The molecular weight excluding hydrogens is 342 g/mol. The molecule has 0 radical (unpaired) electrons. The van der Waals surface area contributed by atoms with Gasteiger partial charge in [0.05, 0.1) is 18.2 Å². The highest BCUT2D eigenvalue weighted by atomic mass is 16.5. The van der Waals surface area contributed by atoms with E-state index in [0.29, 0.717) is 16.9 Å². The first-order valence-corrected chi connectivity index (χ1v) is 8.92. The number of Topliss-reactive ketones (excluding diaryl/α,β-unsaturated/α-hetero) is 1. The molecule has 1 heterocycles. The third-order valence-corrected chi connectivity index (χ3v) is 4.87. The molecule has 27 heavy (non-hydrogen) atoms. The Hall–Kier alpha value is -3.21. The van der Waals surface area contributed by atoms with Gasteiger partial charge in [-0.3, -0.25) is 9.78 Å². The number of hydrogen-bond donors (Lipinski definition) is 0. The number of aromatic nitrogens is 1. The molecule has 0 N–H and O–H groups in total. The minimum Gasteiger partial charge on any atom is -0.497 e. The van der Waals surface area contributed by atoms with Crippen LogP contribution in [0.3, 0.4) is 0 Å². The number of para-hydroxylation sites is 1. The molecule has 3 aromatic rings. The Balaban J connectivity index is 1.57. The number of carbonyl (C=O) groups is 2. The zero-order valence-corrected chi connectivity index (χ0v) is 15.0. The third-order valence-electron chi connectivity index (χ3n) is 4.87. The van der Waals surface area contributed by atoms with Gasteiger partial charge in [-0.25, -0.2) is 4.79 Å². The maximum atomic E-state index is 12.8. The molecule has 4 rings (SSSR count). The molecule has 5 heteroatoms. The highest BCUT2D eigenvalue weighted by Gasteiger charge is 2.25. The maximum Gasteiger partial charge on any atom is 0.339 e. The van der Waals surface area contributed by atoms with E-state index in [9.17, 15) is 9.59 Å². The Kier molecular flexibility index (Phi) is 4.59. The van der Waals surface area contributed by atoms with Crippen LogP contribution in [-0.4, -0.2) is 30.5 Å². The third kappa shape index (κ3) is 3.28. The number of benzene rings is 2. The number of fused-ring (bicyclic) bond motifs is 2. The summed E-state index contributed by atoms with van der Waals surface area (Å²) in [5.74, 6) is -0.0445. The van der Waals surface area contributed by atoms with Gasteiger partial charge in [-0.2, -0.15) is 0 Å². The predicted octanol–water partition coefficient (Wildman–Crippen LogP) is 3.77. The Bertz CT molecular complexity index is 1020. The molecule has 5 nitrogen and oxygen atoms in total. The van der Waals surface area contributed by atoms with E-state index in [1.54, 1.807) is 31.4 Å². The van der Waals surface area contributed by atoms with Crippen molar-refractivity contribution in [3.05, 3.63) is 70.9 Å². The van der Waals surface area contributed by atoms with Crippen LogP contribution < -0.4 is 4.74 Å². The zero-order valence-electron chi connectivity index (χ0n) is 15.0. The van der Waals surface area contributed by atoms with Crippen molar-refractivity contribution in [1.29, 1.82) is 0 Å². The van der Waals surface area contributed by atoms with Crippen LogP contribution in [0.5, 0.6) is 5.75 Å². The van der Waals surface area contributed by atoms with Crippen LogP contribution in [0.1, 0.15) is 38.4 Å². The fraction of sp³-hybridized carbons (Fsp3) is 0.227. The van der Waals surface area contributed by atoms with E-state index in [-0.39, 0.29) is 12.4 Å². The normalized spacial score (nSPS) is 12.6. The number of ether oxygens (including phenoxy) is 2. The van der Waals surface area contributed by atoms with E-state index in [4.69, 9.17) is 9.47 Å². The molecule has 1 aliphatic carbocycles. The molecule has 0 atom stereocenters. The summed E-state index contributed by atoms with van der Waals surface area (Å²) in [5, 5.41) is 0.778. The van der Waals surface area contributed by atoms with Crippen LogP contribution in [0.4, 0.5) is 0 Å². The van der Waals surface area contributed by atoms with Crippen molar-refractivity contribution in [2.45, 2.75) is 19.3 Å². The average Bonchev–Trinajstić information content (AvgIpc) is 3.18. The van der Waals surface area contributed by atoms with Gasteiger partial charge in [-0.05, 0) is 55.2 Å². The molecule has 0 amide bonds. The molecule has 1 aliphatic rings. The second-order valence-corrected chi connectivity index (χ2v) is 6.51. The molecule has 0 unspecified atom stereocenters. The molecular formula is C22H19NO4. The molecule has 0 aliphatic heterocycles. The van der Waals surface area contributed by atoms with Crippen LogP contribution in [0.15, 0.2) is 48.5 Å². The first-order valence-electron chi connectivity index (χ1n) is 8.92. The van der Waals surface area contributed by atoms with Gasteiger partial charge in [0.2, 0.25) is 0 Å². The fourth-order valence-electron chi connectivity index (χ4n) is 3.51.